The average molecular weight is 265 g/mol. The van der Waals surface area contributed by atoms with Crippen molar-refractivity contribution in [1.82, 2.24) is 9.97 Å². The molecule has 3 nitrogen and oxygen atoms in total. The molecule has 0 saturated heterocycles. The van der Waals surface area contributed by atoms with Crippen molar-refractivity contribution in [2.45, 2.75) is 50.5 Å². The Balaban J connectivity index is 2.05. The van der Waals surface area contributed by atoms with Crippen molar-refractivity contribution < 1.29 is 0 Å². The molecule has 0 atom stereocenters. The largest absolute Gasteiger partial charge is 0.373 e. The first-order valence-electron chi connectivity index (χ1n) is 6.99. The van der Waals surface area contributed by atoms with Gasteiger partial charge in [-0.1, -0.05) is 26.2 Å². The molecule has 100 valence electrons. The molecule has 0 spiro atoms. The third kappa shape index (κ3) is 3.37. The van der Waals surface area contributed by atoms with E-state index in [0.29, 0.717) is 0 Å². The lowest BCUT2D eigenvalue weighted by atomic mass is 10.1. The molecule has 1 saturated carbocycles. The molecule has 4 heteroatoms. The van der Waals surface area contributed by atoms with E-state index in [9.17, 15) is 0 Å². The fourth-order valence-corrected chi connectivity index (χ4v) is 3.81. The Kier molecular flexibility index (Phi) is 5.29. The lowest BCUT2D eigenvalue weighted by molar-refractivity contribution is 0.622. The van der Waals surface area contributed by atoms with Crippen LogP contribution in [0.25, 0.3) is 0 Å². The number of nitrogens with one attached hydrogen (secondary N) is 1. The van der Waals surface area contributed by atoms with Crippen LogP contribution >= 0.6 is 11.8 Å². The molecule has 1 heterocycles. The van der Waals surface area contributed by atoms with Crippen molar-refractivity contribution in [2.24, 2.45) is 5.92 Å². The van der Waals surface area contributed by atoms with Gasteiger partial charge in [0.05, 0.1) is 0 Å². The van der Waals surface area contributed by atoms with Crippen molar-refractivity contribution in [1.29, 1.82) is 0 Å². The van der Waals surface area contributed by atoms with Gasteiger partial charge in [0.1, 0.15) is 17.2 Å². The van der Waals surface area contributed by atoms with Crippen LogP contribution < -0.4 is 5.32 Å². The fourth-order valence-electron chi connectivity index (χ4n) is 2.59. The second kappa shape index (κ2) is 6.98. The monoisotopic (exact) mass is 265 g/mol. The van der Waals surface area contributed by atoms with E-state index in [-0.39, 0.29) is 0 Å². The molecule has 1 aliphatic carbocycles. The van der Waals surface area contributed by atoms with Crippen molar-refractivity contribution in [3.8, 4) is 0 Å². The van der Waals surface area contributed by atoms with E-state index >= 15 is 0 Å². The molecule has 0 amide bonds. The zero-order valence-electron chi connectivity index (χ0n) is 11.4. The lowest BCUT2D eigenvalue weighted by Crippen LogP contribution is -2.04. The van der Waals surface area contributed by atoms with Crippen molar-refractivity contribution in [2.75, 3.05) is 18.1 Å². The van der Waals surface area contributed by atoms with Gasteiger partial charge in [0.25, 0.3) is 0 Å². The van der Waals surface area contributed by atoms with Crippen molar-refractivity contribution >= 4 is 17.6 Å². The van der Waals surface area contributed by atoms with E-state index in [2.05, 4.69) is 22.2 Å². The maximum absolute atomic E-state index is 4.48. The molecule has 18 heavy (non-hydrogen) atoms. The van der Waals surface area contributed by atoms with E-state index in [0.717, 1.165) is 24.6 Å². The highest BCUT2D eigenvalue weighted by molar-refractivity contribution is 7.99. The summed E-state index contributed by atoms with van der Waals surface area (Å²) >= 11 is 1.92. The van der Waals surface area contributed by atoms with Gasteiger partial charge in [0.2, 0.25) is 0 Å². The minimum atomic E-state index is 0.900. The van der Waals surface area contributed by atoms with E-state index in [1.165, 1.54) is 42.0 Å². The number of nitrogens with zero attached hydrogens (tertiary/aromatic N) is 2. The normalized spacial score (nSPS) is 16.1. The molecular formula is C14H23N3S. The van der Waals surface area contributed by atoms with Crippen LogP contribution in [0.15, 0.2) is 11.4 Å². The Morgan fingerprint density at radius 1 is 1.33 bits per heavy atom. The topological polar surface area (TPSA) is 37.8 Å². The quantitative estimate of drug-likeness (QED) is 0.628. The number of anilines is 1. The standard InChI is InChI=1S/C14H23N3S/c1-3-6-12-13(15-2)16-10-17-14(12)18-9-11-7-4-5-8-11/h10-11H,3-9H2,1-2H3,(H,15,16,17). The summed E-state index contributed by atoms with van der Waals surface area (Å²) in [5.74, 6) is 3.12. The van der Waals surface area contributed by atoms with Crippen LogP contribution in [0.1, 0.15) is 44.6 Å². The van der Waals surface area contributed by atoms with Crippen LogP contribution in [0, 0.1) is 5.92 Å². The second-order valence-electron chi connectivity index (χ2n) is 4.97. The third-order valence-electron chi connectivity index (χ3n) is 3.57. The van der Waals surface area contributed by atoms with Crippen LogP contribution in [-0.4, -0.2) is 22.8 Å². The van der Waals surface area contributed by atoms with Crippen molar-refractivity contribution in [3.63, 3.8) is 0 Å². The maximum Gasteiger partial charge on any atom is 0.133 e. The molecular weight excluding hydrogens is 242 g/mol. The molecule has 1 aliphatic rings. The van der Waals surface area contributed by atoms with Gasteiger partial charge in [-0.15, -0.1) is 11.8 Å². The van der Waals surface area contributed by atoms with Gasteiger partial charge in [0, 0.05) is 18.4 Å². The minimum Gasteiger partial charge on any atom is -0.373 e. The summed E-state index contributed by atoms with van der Waals surface area (Å²) in [6.07, 6.45) is 9.52. The number of thioether (sulfide) groups is 1. The molecule has 1 aromatic rings. The van der Waals surface area contributed by atoms with E-state index in [4.69, 9.17) is 0 Å². The smallest absolute Gasteiger partial charge is 0.133 e. The molecule has 2 rings (SSSR count). The Morgan fingerprint density at radius 2 is 2.11 bits per heavy atom. The molecule has 0 aliphatic heterocycles. The van der Waals surface area contributed by atoms with Crippen LogP contribution in [0.3, 0.4) is 0 Å². The van der Waals surface area contributed by atoms with Gasteiger partial charge >= 0.3 is 0 Å². The Morgan fingerprint density at radius 3 is 2.78 bits per heavy atom. The molecule has 1 aromatic heterocycles. The number of rotatable bonds is 6. The first-order valence-corrected chi connectivity index (χ1v) is 7.98. The summed E-state index contributed by atoms with van der Waals surface area (Å²) in [6.45, 7) is 2.21. The maximum atomic E-state index is 4.48. The molecule has 1 N–H and O–H groups in total. The summed E-state index contributed by atoms with van der Waals surface area (Å²) in [5.41, 5.74) is 1.30. The highest BCUT2D eigenvalue weighted by Gasteiger charge is 2.17. The van der Waals surface area contributed by atoms with E-state index < -0.39 is 0 Å². The van der Waals surface area contributed by atoms with Gasteiger partial charge < -0.3 is 5.32 Å². The van der Waals surface area contributed by atoms with Crippen LogP contribution in [0.5, 0.6) is 0 Å². The van der Waals surface area contributed by atoms with Gasteiger partial charge in [-0.2, -0.15) is 0 Å². The number of hydrogen-bond donors (Lipinski definition) is 1. The van der Waals surface area contributed by atoms with Gasteiger partial charge in [-0.3, -0.25) is 0 Å². The fraction of sp³-hybridized carbons (Fsp3) is 0.714. The molecule has 0 unspecified atom stereocenters. The second-order valence-corrected chi connectivity index (χ2v) is 5.98. The first kappa shape index (κ1) is 13.7. The predicted octanol–water partition coefficient (Wildman–Crippen LogP) is 3.75. The Bertz CT molecular complexity index is 375. The summed E-state index contributed by atoms with van der Waals surface area (Å²) in [4.78, 5) is 8.80. The van der Waals surface area contributed by atoms with Crippen LogP contribution in [0.2, 0.25) is 0 Å². The van der Waals surface area contributed by atoms with Gasteiger partial charge in [-0.25, -0.2) is 9.97 Å². The molecule has 1 fully saturated rings. The highest BCUT2D eigenvalue weighted by Crippen LogP contribution is 2.33. The molecule has 0 radical (unpaired) electrons. The lowest BCUT2D eigenvalue weighted by Gasteiger charge is -2.13. The van der Waals surface area contributed by atoms with Crippen LogP contribution in [-0.2, 0) is 6.42 Å². The number of hydrogen-bond acceptors (Lipinski definition) is 4. The predicted molar refractivity (Wildman–Crippen MR) is 78.3 cm³/mol. The Hall–Kier alpha value is -0.770. The van der Waals surface area contributed by atoms with E-state index in [1.54, 1.807) is 6.33 Å². The summed E-state index contributed by atoms with van der Waals surface area (Å²) in [5, 5.41) is 4.37. The number of aromatic nitrogens is 2. The SMILES string of the molecule is CCCc1c(NC)ncnc1SCC1CCCC1. The Labute approximate surface area is 114 Å². The minimum absolute atomic E-state index is 0.900. The summed E-state index contributed by atoms with van der Waals surface area (Å²) in [7, 11) is 1.94. The summed E-state index contributed by atoms with van der Waals surface area (Å²) in [6, 6.07) is 0. The van der Waals surface area contributed by atoms with Crippen LogP contribution in [0.4, 0.5) is 5.82 Å². The van der Waals surface area contributed by atoms with Crippen molar-refractivity contribution in [3.05, 3.63) is 11.9 Å². The first-order chi connectivity index (χ1) is 8.85. The molecule has 0 bridgehead atoms. The summed E-state index contributed by atoms with van der Waals surface area (Å²) < 4.78 is 0. The zero-order valence-corrected chi connectivity index (χ0v) is 12.2. The van der Waals surface area contributed by atoms with Gasteiger partial charge in [-0.05, 0) is 25.2 Å². The third-order valence-corrected chi connectivity index (χ3v) is 4.84. The highest BCUT2D eigenvalue weighted by atomic mass is 32.2. The molecule has 0 aromatic carbocycles. The zero-order chi connectivity index (χ0) is 12.8. The average Bonchev–Trinajstić information content (AvgIpc) is 2.91. The van der Waals surface area contributed by atoms with Gasteiger partial charge in [0.15, 0.2) is 0 Å². The van der Waals surface area contributed by atoms with E-state index in [1.807, 2.05) is 18.8 Å².